The van der Waals surface area contributed by atoms with Gasteiger partial charge in [0.05, 0.1) is 0 Å². The number of nitrogens with two attached hydrogens (primary N) is 1. The maximum absolute atomic E-state index is 6.15. The summed E-state index contributed by atoms with van der Waals surface area (Å²) >= 11 is 0. The van der Waals surface area contributed by atoms with Crippen molar-refractivity contribution in [1.29, 1.82) is 0 Å². The van der Waals surface area contributed by atoms with E-state index in [4.69, 9.17) is 10.3 Å². The van der Waals surface area contributed by atoms with E-state index in [1.54, 1.807) is 0 Å². The standard InChI is InChI=1S/C16H14N2O/c1-11-7-9-12(10-8-11)15-14(17)16(19-18-15)13-5-3-2-4-6-13/h2-10H,17H2,1H3. The van der Waals surface area contributed by atoms with Crippen LogP contribution < -0.4 is 5.73 Å². The Hall–Kier alpha value is -2.55. The minimum absolute atomic E-state index is 0.579. The molecule has 3 rings (SSSR count). The Labute approximate surface area is 111 Å². The van der Waals surface area contributed by atoms with Crippen molar-refractivity contribution in [2.75, 3.05) is 5.73 Å². The molecule has 3 nitrogen and oxygen atoms in total. The summed E-state index contributed by atoms with van der Waals surface area (Å²) in [7, 11) is 0. The molecule has 0 spiro atoms. The van der Waals surface area contributed by atoms with Crippen molar-refractivity contribution in [1.82, 2.24) is 5.16 Å². The molecule has 1 heterocycles. The topological polar surface area (TPSA) is 52.0 Å². The molecule has 2 aromatic carbocycles. The molecule has 19 heavy (non-hydrogen) atoms. The van der Waals surface area contributed by atoms with E-state index >= 15 is 0 Å². The number of hydrogen-bond donors (Lipinski definition) is 1. The molecule has 0 fully saturated rings. The van der Waals surface area contributed by atoms with Crippen LogP contribution in [-0.2, 0) is 0 Å². The molecule has 0 atom stereocenters. The van der Waals surface area contributed by atoms with Gasteiger partial charge in [-0.05, 0) is 6.92 Å². The van der Waals surface area contributed by atoms with Gasteiger partial charge in [0.1, 0.15) is 11.4 Å². The van der Waals surface area contributed by atoms with Gasteiger partial charge in [0, 0.05) is 11.1 Å². The molecule has 0 saturated carbocycles. The van der Waals surface area contributed by atoms with Gasteiger partial charge in [-0.15, -0.1) is 0 Å². The fraction of sp³-hybridized carbons (Fsp3) is 0.0625. The molecule has 0 amide bonds. The average molecular weight is 250 g/mol. The summed E-state index contributed by atoms with van der Waals surface area (Å²) in [5.41, 5.74) is 10.5. The summed E-state index contributed by atoms with van der Waals surface area (Å²) in [5, 5.41) is 4.09. The predicted octanol–water partition coefficient (Wildman–Crippen LogP) is 3.90. The second-order valence-corrected chi connectivity index (χ2v) is 4.51. The summed E-state index contributed by atoms with van der Waals surface area (Å²) in [6.45, 7) is 2.05. The van der Waals surface area contributed by atoms with E-state index in [2.05, 4.69) is 5.16 Å². The van der Waals surface area contributed by atoms with Crippen LogP contribution in [-0.4, -0.2) is 5.16 Å². The van der Waals surface area contributed by atoms with Crippen molar-refractivity contribution in [3.05, 3.63) is 60.2 Å². The largest absolute Gasteiger partial charge is 0.394 e. The monoisotopic (exact) mass is 250 g/mol. The zero-order chi connectivity index (χ0) is 13.2. The zero-order valence-corrected chi connectivity index (χ0v) is 10.6. The maximum Gasteiger partial charge on any atom is 0.190 e. The van der Waals surface area contributed by atoms with Crippen LogP contribution in [0.5, 0.6) is 0 Å². The van der Waals surface area contributed by atoms with Crippen LogP contribution >= 0.6 is 0 Å². The second-order valence-electron chi connectivity index (χ2n) is 4.51. The molecule has 0 radical (unpaired) electrons. The van der Waals surface area contributed by atoms with Gasteiger partial charge in [-0.1, -0.05) is 65.3 Å². The molecule has 3 aromatic rings. The lowest BCUT2D eigenvalue weighted by molar-refractivity contribution is 0.435. The Morgan fingerprint density at radius 3 is 2.26 bits per heavy atom. The summed E-state index contributed by atoms with van der Waals surface area (Å²) in [5.74, 6) is 0.621. The average Bonchev–Trinajstić information content (AvgIpc) is 2.83. The van der Waals surface area contributed by atoms with Gasteiger partial charge < -0.3 is 10.3 Å². The summed E-state index contributed by atoms with van der Waals surface area (Å²) in [6, 6.07) is 17.8. The number of hydrogen-bond acceptors (Lipinski definition) is 3. The van der Waals surface area contributed by atoms with Crippen molar-refractivity contribution < 1.29 is 4.52 Å². The third-order valence-electron chi connectivity index (χ3n) is 3.09. The number of nitrogens with zero attached hydrogens (tertiary/aromatic N) is 1. The summed E-state index contributed by atoms with van der Waals surface area (Å²) in [4.78, 5) is 0. The van der Waals surface area contributed by atoms with Gasteiger partial charge in [0.15, 0.2) is 5.76 Å². The lowest BCUT2D eigenvalue weighted by Gasteiger charge is -1.99. The Bertz CT molecular complexity index is 685. The van der Waals surface area contributed by atoms with E-state index < -0.39 is 0 Å². The van der Waals surface area contributed by atoms with Crippen LogP contribution in [0.1, 0.15) is 5.56 Å². The number of anilines is 1. The third kappa shape index (κ3) is 2.10. The second kappa shape index (κ2) is 4.61. The molecule has 0 aliphatic rings. The Morgan fingerprint density at radius 1 is 0.895 bits per heavy atom. The molecular formula is C16H14N2O. The van der Waals surface area contributed by atoms with Gasteiger partial charge in [0.25, 0.3) is 0 Å². The third-order valence-corrected chi connectivity index (χ3v) is 3.09. The first kappa shape index (κ1) is 11.5. The van der Waals surface area contributed by atoms with Crippen molar-refractivity contribution in [3.8, 4) is 22.6 Å². The number of aryl methyl sites for hydroxylation is 1. The Balaban J connectivity index is 2.06. The minimum atomic E-state index is 0.579. The lowest BCUT2D eigenvalue weighted by atomic mass is 10.1. The molecule has 3 heteroatoms. The van der Waals surface area contributed by atoms with E-state index in [9.17, 15) is 0 Å². The maximum atomic E-state index is 6.15. The van der Waals surface area contributed by atoms with E-state index in [-0.39, 0.29) is 0 Å². The van der Waals surface area contributed by atoms with E-state index in [0.29, 0.717) is 17.1 Å². The van der Waals surface area contributed by atoms with Gasteiger partial charge in [-0.25, -0.2) is 0 Å². The zero-order valence-electron chi connectivity index (χ0n) is 10.6. The smallest absolute Gasteiger partial charge is 0.190 e. The van der Waals surface area contributed by atoms with Crippen molar-refractivity contribution in [3.63, 3.8) is 0 Å². The molecule has 0 bridgehead atoms. The quantitative estimate of drug-likeness (QED) is 0.750. The minimum Gasteiger partial charge on any atom is -0.394 e. The van der Waals surface area contributed by atoms with Crippen molar-refractivity contribution in [2.24, 2.45) is 0 Å². The van der Waals surface area contributed by atoms with Crippen LogP contribution in [0.4, 0.5) is 5.69 Å². The molecule has 94 valence electrons. The normalized spacial score (nSPS) is 10.6. The predicted molar refractivity (Wildman–Crippen MR) is 76.5 cm³/mol. The molecule has 0 aliphatic carbocycles. The number of benzene rings is 2. The van der Waals surface area contributed by atoms with Gasteiger partial charge in [-0.2, -0.15) is 0 Å². The van der Waals surface area contributed by atoms with Gasteiger partial charge in [0.2, 0.25) is 0 Å². The highest BCUT2D eigenvalue weighted by Crippen LogP contribution is 2.34. The van der Waals surface area contributed by atoms with Gasteiger partial charge >= 0.3 is 0 Å². The van der Waals surface area contributed by atoms with Gasteiger partial charge in [-0.3, -0.25) is 0 Å². The van der Waals surface area contributed by atoms with Crippen LogP contribution in [0, 0.1) is 6.92 Å². The van der Waals surface area contributed by atoms with E-state index in [1.807, 2.05) is 61.5 Å². The number of aromatic nitrogens is 1. The first-order valence-electron chi connectivity index (χ1n) is 6.13. The number of rotatable bonds is 2. The highest BCUT2D eigenvalue weighted by molar-refractivity contribution is 5.83. The van der Waals surface area contributed by atoms with Crippen molar-refractivity contribution in [2.45, 2.75) is 6.92 Å². The van der Waals surface area contributed by atoms with Crippen LogP contribution in [0.3, 0.4) is 0 Å². The first-order valence-corrected chi connectivity index (χ1v) is 6.13. The van der Waals surface area contributed by atoms with E-state index in [0.717, 1.165) is 11.1 Å². The fourth-order valence-corrected chi connectivity index (χ4v) is 2.01. The molecule has 1 aromatic heterocycles. The fourth-order valence-electron chi connectivity index (χ4n) is 2.01. The lowest BCUT2D eigenvalue weighted by Crippen LogP contribution is -1.89. The highest BCUT2D eigenvalue weighted by atomic mass is 16.5. The van der Waals surface area contributed by atoms with E-state index in [1.165, 1.54) is 5.56 Å². The molecule has 2 N–H and O–H groups in total. The molecule has 0 unspecified atom stereocenters. The van der Waals surface area contributed by atoms with Crippen LogP contribution in [0.25, 0.3) is 22.6 Å². The Kier molecular flexibility index (Phi) is 2.80. The molecule has 0 saturated heterocycles. The van der Waals surface area contributed by atoms with Crippen LogP contribution in [0.2, 0.25) is 0 Å². The number of nitrogen functional groups attached to an aromatic ring is 1. The first-order chi connectivity index (χ1) is 9.25. The van der Waals surface area contributed by atoms with Crippen molar-refractivity contribution >= 4 is 5.69 Å². The summed E-state index contributed by atoms with van der Waals surface area (Å²) < 4.78 is 5.39. The van der Waals surface area contributed by atoms with Crippen LogP contribution in [0.15, 0.2) is 59.1 Å². The molecule has 0 aliphatic heterocycles. The molecular weight excluding hydrogens is 236 g/mol. The SMILES string of the molecule is Cc1ccc(-c2noc(-c3ccccc3)c2N)cc1. The summed E-state index contributed by atoms with van der Waals surface area (Å²) in [6.07, 6.45) is 0. The Morgan fingerprint density at radius 2 is 1.58 bits per heavy atom. The highest BCUT2D eigenvalue weighted by Gasteiger charge is 2.15.